The molecule has 0 radical (unpaired) electrons. The molecule has 0 spiro atoms. The van der Waals surface area contributed by atoms with Crippen molar-refractivity contribution in [2.75, 3.05) is 5.32 Å². The van der Waals surface area contributed by atoms with Gasteiger partial charge in [0.2, 0.25) is 0 Å². The van der Waals surface area contributed by atoms with Crippen LogP contribution < -0.4 is 5.32 Å². The monoisotopic (exact) mass is 335 g/mol. The summed E-state index contributed by atoms with van der Waals surface area (Å²) in [5.74, 6) is -1.99. The van der Waals surface area contributed by atoms with Gasteiger partial charge in [0.05, 0.1) is 5.69 Å². The molecular weight excluding hydrogens is 320 g/mol. The Kier molecular flexibility index (Phi) is 5.00. The molecule has 0 saturated carbocycles. The number of nitrogens with one attached hydrogen (secondary N) is 1. The highest BCUT2D eigenvalue weighted by atomic mass is 19.1. The van der Waals surface area contributed by atoms with E-state index in [1.165, 1.54) is 6.07 Å². The molecule has 0 aliphatic rings. The minimum absolute atomic E-state index is 0.0682. The summed E-state index contributed by atoms with van der Waals surface area (Å²) in [5, 5.41) is 2.51. The van der Waals surface area contributed by atoms with Crippen molar-refractivity contribution >= 4 is 23.2 Å². The molecule has 0 bridgehead atoms. The van der Waals surface area contributed by atoms with Crippen LogP contribution >= 0.6 is 0 Å². The summed E-state index contributed by atoms with van der Waals surface area (Å²) in [5.41, 5.74) is 1.86. The van der Waals surface area contributed by atoms with Crippen LogP contribution in [0.4, 0.5) is 14.5 Å². The lowest BCUT2D eigenvalue weighted by Crippen LogP contribution is -2.14. The van der Waals surface area contributed by atoms with Gasteiger partial charge in [-0.3, -0.25) is 4.79 Å². The first-order chi connectivity index (χ1) is 12.1. The topological polar surface area (TPSA) is 29.1 Å². The van der Waals surface area contributed by atoms with E-state index >= 15 is 0 Å². The number of carbonyl (C=O) groups excluding carboxylic acids is 1. The van der Waals surface area contributed by atoms with Gasteiger partial charge in [-0.05, 0) is 29.3 Å². The van der Waals surface area contributed by atoms with E-state index in [1.54, 1.807) is 18.2 Å². The summed E-state index contributed by atoms with van der Waals surface area (Å²) < 4.78 is 26.9. The van der Waals surface area contributed by atoms with Gasteiger partial charge in [-0.15, -0.1) is 0 Å². The van der Waals surface area contributed by atoms with Gasteiger partial charge in [-0.2, -0.15) is 0 Å². The highest BCUT2D eigenvalue weighted by Crippen LogP contribution is 2.22. The largest absolute Gasteiger partial charge is 0.319 e. The molecule has 0 aromatic heterocycles. The number of hydrogen-bond donors (Lipinski definition) is 1. The Hall–Kier alpha value is -3.27. The first-order valence-electron chi connectivity index (χ1n) is 7.72. The van der Waals surface area contributed by atoms with E-state index in [2.05, 4.69) is 5.32 Å². The SMILES string of the molecule is O=C(Nc1ccc(F)cc1F)C(=Cc1ccccc1)c1ccccc1. The van der Waals surface area contributed by atoms with E-state index in [0.29, 0.717) is 11.1 Å². The Balaban J connectivity index is 1.97. The number of anilines is 1. The third-order valence-electron chi connectivity index (χ3n) is 3.62. The van der Waals surface area contributed by atoms with Crippen molar-refractivity contribution in [2.45, 2.75) is 0 Å². The Labute approximate surface area is 144 Å². The van der Waals surface area contributed by atoms with E-state index in [9.17, 15) is 13.6 Å². The fourth-order valence-corrected chi connectivity index (χ4v) is 2.39. The number of hydrogen-bond acceptors (Lipinski definition) is 1. The second-order valence-electron chi connectivity index (χ2n) is 5.41. The summed E-state index contributed by atoms with van der Waals surface area (Å²) in [6, 6.07) is 21.5. The zero-order chi connectivity index (χ0) is 17.6. The first-order valence-corrected chi connectivity index (χ1v) is 7.72. The molecule has 0 fully saturated rings. The van der Waals surface area contributed by atoms with Crippen LogP contribution in [0.15, 0.2) is 78.9 Å². The lowest BCUT2D eigenvalue weighted by Gasteiger charge is -2.10. The second-order valence-corrected chi connectivity index (χ2v) is 5.41. The Morgan fingerprint density at radius 1 is 0.840 bits per heavy atom. The summed E-state index contributed by atoms with van der Waals surface area (Å²) in [6.45, 7) is 0. The van der Waals surface area contributed by atoms with Crippen molar-refractivity contribution in [3.63, 3.8) is 0 Å². The first kappa shape index (κ1) is 16.6. The molecule has 1 amide bonds. The van der Waals surface area contributed by atoms with Crippen molar-refractivity contribution in [3.05, 3.63) is 102 Å². The maximum Gasteiger partial charge on any atom is 0.256 e. The molecule has 3 rings (SSSR count). The molecule has 0 atom stereocenters. The Bertz CT molecular complexity index is 906. The summed E-state index contributed by atoms with van der Waals surface area (Å²) in [4.78, 5) is 12.7. The Morgan fingerprint density at radius 2 is 1.48 bits per heavy atom. The average Bonchev–Trinajstić information content (AvgIpc) is 2.63. The van der Waals surface area contributed by atoms with Crippen LogP contribution in [0.2, 0.25) is 0 Å². The fourth-order valence-electron chi connectivity index (χ4n) is 2.39. The van der Waals surface area contributed by atoms with E-state index in [4.69, 9.17) is 0 Å². The standard InChI is InChI=1S/C21H15F2NO/c22-17-11-12-20(19(23)14-17)24-21(25)18(16-9-5-2-6-10-16)13-15-7-3-1-4-8-15/h1-14H,(H,24,25). The minimum Gasteiger partial charge on any atom is -0.319 e. The van der Waals surface area contributed by atoms with Crippen molar-refractivity contribution in [1.29, 1.82) is 0 Å². The maximum atomic E-state index is 13.8. The molecule has 3 aromatic rings. The zero-order valence-electron chi connectivity index (χ0n) is 13.2. The molecule has 0 heterocycles. The number of amides is 1. The molecule has 0 unspecified atom stereocenters. The van der Waals surface area contributed by atoms with Crippen LogP contribution in [-0.4, -0.2) is 5.91 Å². The van der Waals surface area contributed by atoms with Gasteiger partial charge in [-0.1, -0.05) is 60.7 Å². The van der Waals surface area contributed by atoms with E-state index in [0.717, 1.165) is 17.7 Å². The molecule has 1 N–H and O–H groups in total. The van der Waals surface area contributed by atoms with Gasteiger partial charge in [0.25, 0.3) is 5.91 Å². The van der Waals surface area contributed by atoms with Crippen LogP contribution in [0, 0.1) is 11.6 Å². The lowest BCUT2D eigenvalue weighted by molar-refractivity contribution is -0.111. The minimum atomic E-state index is -0.819. The second kappa shape index (κ2) is 7.53. The van der Waals surface area contributed by atoms with Crippen LogP contribution in [0.25, 0.3) is 11.6 Å². The number of halogens is 2. The molecule has 2 nitrogen and oxygen atoms in total. The third-order valence-corrected chi connectivity index (χ3v) is 3.62. The highest BCUT2D eigenvalue weighted by molar-refractivity contribution is 6.29. The molecule has 0 aliphatic carbocycles. The maximum absolute atomic E-state index is 13.8. The van der Waals surface area contributed by atoms with Gasteiger partial charge in [-0.25, -0.2) is 8.78 Å². The lowest BCUT2D eigenvalue weighted by atomic mass is 10.0. The average molecular weight is 335 g/mol. The van der Waals surface area contributed by atoms with Gasteiger partial charge in [0, 0.05) is 11.6 Å². The molecule has 0 aliphatic heterocycles. The zero-order valence-corrected chi connectivity index (χ0v) is 13.2. The van der Waals surface area contributed by atoms with Crippen LogP contribution in [-0.2, 0) is 4.79 Å². The molecule has 25 heavy (non-hydrogen) atoms. The van der Waals surface area contributed by atoms with Gasteiger partial charge < -0.3 is 5.32 Å². The summed E-state index contributed by atoms with van der Waals surface area (Å²) in [6.07, 6.45) is 1.73. The Morgan fingerprint density at radius 3 is 2.12 bits per heavy atom. The fraction of sp³-hybridized carbons (Fsp3) is 0. The molecule has 4 heteroatoms. The number of carbonyl (C=O) groups is 1. The van der Waals surface area contributed by atoms with Gasteiger partial charge in [0.15, 0.2) is 0 Å². The predicted molar refractivity (Wildman–Crippen MR) is 95.7 cm³/mol. The normalized spacial score (nSPS) is 11.2. The van der Waals surface area contributed by atoms with Crippen molar-refractivity contribution < 1.29 is 13.6 Å². The number of benzene rings is 3. The summed E-state index contributed by atoms with van der Waals surface area (Å²) >= 11 is 0. The van der Waals surface area contributed by atoms with E-state index in [-0.39, 0.29) is 5.69 Å². The molecule has 0 saturated heterocycles. The smallest absolute Gasteiger partial charge is 0.256 e. The van der Waals surface area contributed by atoms with E-state index in [1.807, 2.05) is 48.5 Å². The van der Waals surface area contributed by atoms with Crippen LogP contribution in [0.5, 0.6) is 0 Å². The highest BCUT2D eigenvalue weighted by Gasteiger charge is 2.14. The van der Waals surface area contributed by atoms with Crippen LogP contribution in [0.1, 0.15) is 11.1 Å². The molecule has 124 valence electrons. The molecular formula is C21H15F2NO. The van der Waals surface area contributed by atoms with Crippen LogP contribution in [0.3, 0.4) is 0 Å². The van der Waals surface area contributed by atoms with E-state index < -0.39 is 17.5 Å². The van der Waals surface area contributed by atoms with Crippen molar-refractivity contribution in [1.82, 2.24) is 0 Å². The quantitative estimate of drug-likeness (QED) is 0.519. The third kappa shape index (κ3) is 4.18. The van der Waals surface area contributed by atoms with Gasteiger partial charge >= 0.3 is 0 Å². The summed E-state index contributed by atoms with van der Waals surface area (Å²) in [7, 11) is 0. The van der Waals surface area contributed by atoms with Crippen molar-refractivity contribution in [3.8, 4) is 0 Å². The van der Waals surface area contributed by atoms with Crippen molar-refractivity contribution in [2.24, 2.45) is 0 Å². The number of rotatable bonds is 4. The molecule has 3 aromatic carbocycles. The predicted octanol–water partition coefficient (Wildman–Crippen LogP) is 5.14. The van der Waals surface area contributed by atoms with Gasteiger partial charge in [0.1, 0.15) is 11.6 Å².